The molecule has 0 radical (unpaired) electrons. The first-order valence-corrected chi connectivity index (χ1v) is 5.52. The molecule has 1 N–H and O–H groups in total. The van der Waals surface area contributed by atoms with Crippen molar-refractivity contribution in [2.45, 2.75) is 6.10 Å². The fourth-order valence-corrected chi connectivity index (χ4v) is 2.04. The molecule has 84 valence electrons. The van der Waals surface area contributed by atoms with Gasteiger partial charge in [0.2, 0.25) is 0 Å². The van der Waals surface area contributed by atoms with Crippen LogP contribution in [-0.2, 0) is 4.74 Å². The van der Waals surface area contributed by atoms with Crippen molar-refractivity contribution < 1.29 is 4.74 Å². The summed E-state index contributed by atoms with van der Waals surface area (Å²) in [6.07, 6.45) is 0.107. The number of benzene rings is 2. The summed E-state index contributed by atoms with van der Waals surface area (Å²) in [6, 6.07) is 14.7. The molecule has 0 spiro atoms. The molecule has 16 heavy (non-hydrogen) atoms. The van der Waals surface area contributed by atoms with Crippen molar-refractivity contribution in [3.8, 4) is 0 Å². The van der Waals surface area contributed by atoms with Crippen molar-refractivity contribution in [3.63, 3.8) is 0 Å². The lowest BCUT2D eigenvalue weighted by Gasteiger charge is -2.17. The van der Waals surface area contributed by atoms with E-state index in [-0.39, 0.29) is 6.10 Å². The Morgan fingerprint density at radius 1 is 1.12 bits per heavy atom. The second-order valence-electron chi connectivity index (χ2n) is 3.85. The van der Waals surface area contributed by atoms with E-state index in [1.54, 1.807) is 7.11 Å². The summed E-state index contributed by atoms with van der Waals surface area (Å²) < 4.78 is 5.52. The van der Waals surface area contributed by atoms with Gasteiger partial charge in [0.15, 0.2) is 0 Å². The van der Waals surface area contributed by atoms with Crippen LogP contribution in [0.1, 0.15) is 11.7 Å². The lowest BCUT2D eigenvalue weighted by molar-refractivity contribution is 0.105. The Hall–Kier alpha value is -1.38. The highest BCUT2D eigenvalue weighted by atomic mass is 16.5. The van der Waals surface area contributed by atoms with Crippen LogP contribution >= 0.6 is 0 Å². The van der Waals surface area contributed by atoms with Crippen molar-refractivity contribution in [2.24, 2.45) is 0 Å². The molecule has 0 bridgehead atoms. The van der Waals surface area contributed by atoms with E-state index in [4.69, 9.17) is 4.74 Å². The zero-order valence-corrected chi connectivity index (χ0v) is 9.73. The smallest absolute Gasteiger partial charge is 0.0951 e. The summed E-state index contributed by atoms with van der Waals surface area (Å²) in [6.45, 7) is 0.824. The standard InChI is InChI=1S/C14H17NO/c1-15-10-14(16-2)13-9-5-7-11-6-3-4-8-12(11)13/h3-9,14-15H,10H2,1-2H3/t14-/m1/s1. The fraction of sp³-hybridized carbons (Fsp3) is 0.286. The van der Waals surface area contributed by atoms with Crippen LogP contribution < -0.4 is 5.32 Å². The Labute approximate surface area is 96.2 Å². The monoisotopic (exact) mass is 215 g/mol. The maximum atomic E-state index is 5.52. The average Bonchev–Trinajstić information content (AvgIpc) is 2.35. The molecule has 0 aromatic heterocycles. The van der Waals surface area contributed by atoms with Crippen LogP contribution in [-0.4, -0.2) is 20.7 Å². The van der Waals surface area contributed by atoms with Gasteiger partial charge in [0.25, 0.3) is 0 Å². The van der Waals surface area contributed by atoms with Gasteiger partial charge in [-0.1, -0.05) is 42.5 Å². The lowest BCUT2D eigenvalue weighted by Crippen LogP contribution is -2.18. The number of fused-ring (bicyclic) bond motifs is 1. The fourth-order valence-electron chi connectivity index (χ4n) is 2.04. The number of hydrogen-bond donors (Lipinski definition) is 1. The number of rotatable bonds is 4. The summed E-state index contributed by atoms with van der Waals surface area (Å²) >= 11 is 0. The highest BCUT2D eigenvalue weighted by Gasteiger charge is 2.11. The van der Waals surface area contributed by atoms with Crippen molar-refractivity contribution in [1.29, 1.82) is 0 Å². The van der Waals surface area contributed by atoms with E-state index in [1.165, 1.54) is 16.3 Å². The van der Waals surface area contributed by atoms with E-state index in [9.17, 15) is 0 Å². The van der Waals surface area contributed by atoms with Gasteiger partial charge in [-0.3, -0.25) is 0 Å². The summed E-state index contributed by atoms with van der Waals surface area (Å²) in [7, 11) is 3.70. The van der Waals surface area contributed by atoms with Crippen molar-refractivity contribution in [1.82, 2.24) is 5.32 Å². The quantitative estimate of drug-likeness (QED) is 0.846. The van der Waals surface area contributed by atoms with E-state index in [1.807, 2.05) is 7.05 Å². The minimum atomic E-state index is 0.107. The van der Waals surface area contributed by atoms with E-state index < -0.39 is 0 Å². The number of ether oxygens (including phenoxy) is 1. The minimum absolute atomic E-state index is 0.107. The molecule has 0 amide bonds. The van der Waals surface area contributed by atoms with Gasteiger partial charge in [-0.25, -0.2) is 0 Å². The molecule has 0 aliphatic heterocycles. The molecule has 0 saturated heterocycles. The first-order chi connectivity index (χ1) is 7.86. The zero-order valence-electron chi connectivity index (χ0n) is 9.73. The maximum Gasteiger partial charge on any atom is 0.0951 e. The predicted octanol–water partition coefficient (Wildman–Crippen LogP) is 2.75. The van der Waals surface area contributed by atoms with Gasteiger partial charge in [0.05, 0.1) is 6.10 Å². The third-order valence-corrected chi connectivity index (χ3v) is 2.84. The minimum Gasteiger partial charge on any atom is -0.375 e. The third kappa shape index (κ3) is 2.08. The molecule has 1 atom stereocenters. The molecule has 2 aromatic rings. The van der Waals surface area contributed by atoms with Crippen LogP contribution in [0.15, 0.2) is 42.5 Å². The van der Waals surface area contributed by atoms with Crippen molar-refractivity contribution in [3.05, 3.63) is 48.0 Å². The van der Waals surface area contributed by atoms with Gasteiger partial charge >= 0.3 is 0 Å². The van der Waals surface area contributed by atoms with Gasteiger partial charge in [0, 0.05) is 13.7 Å². The molecular formula is C14H17NO. The third-order valence-electron chi connectivity index (χ3n) is 2.84. The van der Waals surface area contributed by atoms with E-state index in [0.29, 0.717) is 0 Å². The Morgan fingerprint density at radius 3 is 2.62 bits per heavy atom. The summed E-state index contributed by atoms with van der Waals surface area (Å²) in [5.41, 5.74) is 1.25. The summed E-state index contributed by atoms with van der Waals surface area (Å²) in [4.78, 5) is 0. The van der Waals surface area contributed by atoms with Crippen LogP contribution in [0.3, 0.4) is 0 Å². The van der Waals surface area contributed by atoms with Crippen molar-refractivity contribution in [2.75, 3.05) is 20.7 Å². The molecule has 0 saturated carbocycles. The van der Waals surface area contributed by atoms with Crippen LogP contribution in [0.25, 0.3) is 10.8 Å². The van der Waals surface area contributed by atoms with E-state index >= 15 is 0 Å². The molecule has 2 aromatic carbocycles. The highest BCUT2D eigenvalue weighted by molar-refractivity contribution is 5.86. The Kier molecular flexibility index (Phi) is 3.54. The molecule has 2 heteroatoms. The van der Waals surface area contributed by atoms with Gasteiger partial charge in [0.1, 0.15) is 0 Å². The molecule has 0 aliphatic carbocycles. The SMILES string of the molecule is CNC[C@@H](OC)c1cccc2ccccc12. The van der Waals surface area contributed by atoms with Gasteiger partial charge in [-0.05, 0) is 23.4 Å². The molecule has 0 fully saturated rings. The number of hydrogen-bond acceptors (Lipinski definition) is 2. The van der Waals surface area contributed by atoms with Gasteiger partial charge in [-0.15, -0.1) is 0 Å². The summed E-state index contributed by atoms with van der Waals surface area (Å²) in [5.74, 6) is 0. The van der Waals surface area contributed by atoms with Crippen LogP contribution in [0.4, 0.5) is 0 Å². The Morgan fingerprint density at radius 2 is 1.88 bits per heavy atom. The average molecular weight is 215 g/mol. The molecule has 0 unspecified atom stereocenters. The number of methoxy groups -OCH3 is 1. The van der Waals surface area contributed by atoms with Crippen LogP contribution in [0.2, 0.25) is 0 Å². The van der Waals surface area contributed by atoms with Crippen molar-refractivity contribution >= 4 is 10.8 Å². The van der Waals surface area contributed by atoms with Gasteiger partial charge < -0.3 is 10.1 Å². The lowest BCUT2D eigenvalue weighted by atomic mass is 10.0. The summed E-state index contributed by atoms with van der Waals surface area (Å²) in [5, 5.41) is 5.69. The molecule has 2 nitrogen and oxygen atoms in total. The predicted molar refractivity (Wildman–Crippen MR) is 67.6 cm³/mol. The van der Waals surface area contributed by atoms with E-state index in [0.717, 1.165) is 6.54 Å². The topological polar surface area (TPSA) is 21.3 Å². The largest absolute Gasteiger partial charge is 0.375 e. The first-order valence-electron chi connectivity index (χ1n) is 5.52. The maximum absolute atomic E-state index is 5.52. The number of likely N-dealkylation sites (N-methyl/N-ethyl adjacent to an activating group) is 1. The van der Waals surface area contributed by atoms with E-state index in [2.05, 4.69) is 47.8 Å². The van der Waals surface area contributed by atoms with Crippen LogP contribution in [0.5, 0.6) is 0 Å². The molecule has 0 aliphatic rings. The Bertz CT molecular complexity index is 462. The Balaban J connectivity index is 2.50. The molecular weight excluding hydrogens is 198 g/mol. The molecule has 2 rings (SSSR count). The second kappa shape index (κ2) is 5.10. The van der Waals surface area contributed by atoms with Gasteiger partial charge in [-0.2, -0.15) is 0 Å². The first kappa shape index (κ1) is 11.1. The normalized spacial score (nSPS) is 12.9. The molecule has 0 heterocycles. The highest BCUT2D eigenvalue weighted by Crippen LogP contribution is 2.25. The zero-order chi connectivity index (χ0) is 11.4. The second-order valence-corrected chi connectivity index (χ2v) is 3.85. The van der Waals surface area contributed by atoms with Crippen LogP contribution in [0, 0.1) is 0 Å². The number of nitrogens with one attached hydrogen (secondary N) is 1.